The molecule has 0 spiro atoms. The average Bonchev–Trinajstić information content (AvgIpc) is 2.87. The maximum atomic E-state index is 12.1. The fourth-order valence-electron chi connectivity index (χ4n) is 4.44. The minimum Gasteiger partial charge on any atom is -0.493 e. The Balaban J connectivity index is 1.73. The van der Waals surface area contributed by atoms with Gasteiger partial charge in [-0.3, -0.25) is 10.1 Å². The van der Waals surface area contributed by atoms with Gasteiger partial charge in [0, 0.05) is 35.6 Å². The van der Waals surface area contributed by atoms with Crippen LogP contribution in [0.1, 0.15) is 49.8 Å². The average molecular weight is 526 g/mol. The van der Waals surface area contributed by atoms with Gasteiger partial charge in [-0.05, 0) is 44.9 Å². The number of allylic oxidation sites excluding steroid dienone is 2. The minimum atomic E-state index is -1.34. The molecule has 0 saturated heterocycles. The minimum absolute atomic E-state index is 0.0957. The van der Waals surface area contributed by atoms with E-state index in [0.717, 1.165) is 5.56 Å². The van der Waals surface area contributed by atoms with Crippen molar-refractivity contribution in [2.45, 2.75) is 38.7 Å². The molecular weight excluding hydrogens is 494 g/mol. The van der Waals surface area contributed by atoms with Crippen LogP contribution in [0.3, 0.4) is 0 Å². The molecule has 11 heteroatoms. The first-order valence-electron chi connectivity index (χ1n) is 12.1. The predicted molar refractivity (Wildman–Crippen MR) is 139 cm³/mol. The van der Waals surface area contributed by atoms with E-state index in [4.69, 9.17) is 4.74 Å². The van der Waals surface area contributed by atoms with Gasteiger partial charge in [-0.15, -0.1) is 0 Å². The van der Waals surface area contributed by atoms with Crippen LogP contribution in [-0.2, 0) is 9.59 Å². The number of carboxylic acid groups (broad SMARTS) is 2. The molecule has 0 amide bonds. The third kappa shape index (κ3) is 6.75. The van der Waals surface area contributed by atoms with E-state index in [0.29, 0.717) is 25.9 Å². The fraction of sp³-hybridized carbons (Fsp3) is 0.333. The summed E-state index contributed by atoms with van der Waals surface area (Å²) in [7, 11) is 0. The predicted octanol–water partition coefficient (Wildman–Crippen LogP) is 3.48. The van der Waals surface area contributed by atoms with Crippen molar-refractivity contribution >= 4 is 17.6 Å². The number of aliphatic hydroxyl groups is 1. The summed E-state index contributed by atoms with van der Waals surface area (Å²) in [4.78, 5) is 35.1. The molecule has 38 heavy (non-hydrogen) atoms. The number of benzene rings is 2. The first-order valence-corrected chi connectivity index (χ1v) is 12.1. The molecule has 1 unspecified atom stereocenters. The highest BCUT2D eigenvalue weighted by Gasteiger charge is 2.38. The molecule has 11 nitrogen and oxygen atoms in total. The molecule has 0 bridgehead atoms. The summed E-state index contributed by atoms with van der Waals surface area (Å²) in [5.41, 5.74) is 0.647. The van der Waals surface area contributed by atoms with Crippen LogP contribution in [0.4, 0.5) is 5.69 Å². The lowest BCUT2D eigenvalue weighted by Gasteiger charge is -2.29. The Kier molecular flexibility index (Phi) is 9.58. The van der Waals surface area contributed by atoms with E-state index in [1.165, 1.54) is 32.0 Å². The van der Waals surface area contributed by atoms with Gasteiger partial charge in [0.05, 0.1) is 34.7 Å². The van der Waals surface area contributed by atoms with Crippen LogP contribution in [0, 0.1) is 10.1 Å². The number of nitrogens with one attached hydrogen (secondary N) is 2. The highest BCUT2D eigenvalue weighted by atomic mass is 16.6. The van der Waals surface area contributed by atoms with Crippen LogP contribution in [0.2, 0.25) is 0 Å². The SMILES string of the molecule is CC1=C(C(=O)O)C(c2cc([N+](=O)[O-])ccc2OCCCCNCC(O)c2ccccc2)C(C(=O)O)=C(C)N1. The Labute approximate surface area is 219 Å². The number of carboxylic acids is 2. The first-order chi connectivity index (χ1) is 18.1. The van der Waals surface area contributed by atoms with E-state index in [1.807, 2.05) is 30.3 Å². The smallest absolute Gasteiger partial charge is 0.334 e. The van der Waals surface area contributed by atoms with Crippen LogP contribution in [0.15, 0.2) is 71.1 Å². The van der Waals surface area contributed by atoms with Crippen molar-refractivity contribution in [2.75, 3.05) is 19.7 Å². The number of carbonyl (C=O) groups is 2. The zero-order chi connectivity index (χ0) is 27.8. The summed E-state index contributed by atoms with van der Waals surface area (Å²) in [6.07, 6.45) is 0.675. The topological polar surface area (TPSA) is 171 Å². The number of ether oxygens (including phenoxy) is 1. The van der Waals surface area contributed by atoms with E-state index in [1.54, 1.807) is 0 Å². The Bertz CT molecular complexity index is 1220. The highest BCUT2D eigenvalue weighted by molar-refractivity contribution is 5.98. The highest BCUT2D eigenvalue weighted by Crippen LogP contribution is 2.43. The molecule has 1 atom stereocenters. The number of dihydropyridines is 1. The molecule has 5 N–H and O–H groups in total. The quantitative estimate of drug-likeness (QED) is 0.148. The van der Waals surface area contributed by atoms with E-state index in [2.05, 4.69) is 10.6 Å². The van der Waals surface area contributed by atoms with Gasteiger partial charge in [-0.2, -0.15) is 0 Å². The molecule has 0 radical (unpaired) electrons. The lowest BCUT2D eigenvalue weighted by atomic mass is 9.80. The third-order valence-corrected chi connectivity index (χ3v) is 6.26. The second kappa shape index (κ2) is 12.8. The zero-order valence-corrected chi connectivity index (χ0v) is 21.1. The molecule has 3 rings (SSSR count). The van der Waals surface area contributed by atoms with Gasteiger partial charge in [0.25, 0.3) is 5.69 Å². The summed E-state index contributed by atoms with van der Waals surface area (Å²) in [5, 5.41) is 47.4. The summed E-state index contributed by atoms with van der Waals surface area (Å²) < 4.78 is 5.90. The van der Waals surface area contributed by atoms with Crippen molar-refractivity contribution in [3.63, 3.8) is 0 Å². The van der Waals surface area contributed by atoms with Crippen molar-refractivity contribution in [3.8, 4) is 5.75 Å². The van der Waals surface area contributed by atoms with Gasteiger partial charge in [-0.25, -0.2) is 9.59 Å². The van der Waals surface area contributed by atoms with E-state index in [-0.39, 0.29) is 46.1 Å². The van der Waals surface area contributed by atoms with Gasteiger partial charge in [0.15, 0.2) is 0 Å². The second-order valence-corrected chi connectivity index (χ2v) is 8.91. The Hall–Kier alpha value is -4.22. The Morgan fingerprint density at radius 1 is 1.05 bits per heavy atom. The van der Waals surface area contributed by atoms with Gasteiger partial charge >= 0.3 is 11.9 Å². The van der Waals surface area contributed by atoms with Crippen LogP contribution >= 0.6 is 0 Å². The number of nitrogens with zero attached hydrogens (tertiary/aromatic N) is 1. The summed E-state index contributed by atoms with van der Waals surface area (Å²) in [5.74, 6) is -3.78. The monoisotopic (exact) mass is 525 g/mol. The van der Waals surface area contributed by atoms with Crippen molar-refractivity contribution < 1.29 is 34.6 Å². The molecule has 2 aromatic carbocycles. The van der Waals surface area contributed by atoms with Crippen molar-refractivity contribution in [2.24, 2.45) is 0 Å². The van der Waals surface area contributed by atoms with E-state index in [9.17, 15) is 35.0 Å². The van der Waals surface area contributed by atoms with Gasteiger partial charge in [0.1, 0.15) is 5.75 Å². The van der Waals surface area contributed by atoms with E-state index < -0.39 is 28.9 Å². The number of hydrogen-bond acceptors (Lipinski definition) is 8. The molecule has 202 valence electrons. The van der Waals surface area contributed by atoms with Gasteiger partial charge < -0.3 is 30.7 Å². The zero-order valence-electron chi connectivity index (χ0n) is 21.1. The fourth-order valence-corrected chi connectivity index (χ4v) is 4.44. The number of hydrogen-bond donors (Lipinski definition) is 5. The van der Waals surface area contributed by atoms with Crippen LogP contribution in [0.25, 0.3) is 0 Å². The number of nitro benzene ring substituents is 1. The number of unbranched alkanes of at least 4 members (excludes halogenated alkanes) is 1. The third-order valence-electron chi connectivity index (χ3n) is 6.26. The summed E-state index contributed by atoms with van der Waals surface area (Å²) in [6, 6.07) is 13.1. The lowest BCUT2D eigenvalue weighted by Crippen LogP contribution is -2.31. The summed E-state index contributed by atoms with van der Waals surface area (Å²) >= 11 is 0. The maximum Gasteiger partial charge on any atom is 0.334 e. The number of aliphatic hydroxyl groups excluding tert-OH is 1. The molecule has 0 fully saturated rings. The molecule has 0 aliphatic carbocycles. The van der Waals surface area contributed by atoms with Crippen LogP contribution < -0.4 is 15.4 Å². The summed E-state index contributed by atoms with van der Waals surface area (Å²) in [6.45, 7) is 4.25. The number of non-ortho nitro benzene ring substituents is 1. The van der Waals surface area contributed by atoms with Gasteiger partial charge in [-0.1, -0.05) is 30.3 Å². The molecular formula is C27H31N3O8. The maximum absolute atomic E-state index is 12.1. The second-order valence-electron chi connectivity index (χ2n) is 8.91. The number of aliphatic carboxylic acids is 2. The van der Waals surface area contributed by atoms with E-state index >= 15 is 0 Å². The van der Waals surface area contributed by atoms with Crippen LogP contribution in [0.5, 0.6) is 5.75 Å². The number of rotatable bonds is 13. The van der Waals surface area contributed by atoms with Crippen molar-refractivity contribution in [3.05, 3.63) is 92.3 Å². The van der Waals surface area contributed by atoms with Crippen molar-refractivity contribution in [1.82, 2.24) is 10.6 Å². The first kappa shape index (κ1) is 28.4. The lowest BCUT2D eigenvalue weighted by molar-refractivity contribution is -0.384. The molecule has 1 aliphatic heterocycles. The molecule has 0 saturated carbocycles. The number of nitro groups is 1. The molecule has 1 aliphatic rings. The van der Waals surface area contributed by atoms with Gasteiger partial charge in [0.2, 0.25) is 0 Å². The normalized spacial score (nSPS) is 14.7. The molecule has 0 aromatic heterocycles. The van der Waals surface area contributed by atoms with Crippen molar-refractivity contribution in [1.29, 1.82) is 0 Å². The molecule has 2 aromatic rings. The largest absolute Gasteiger partial charge is 0.493 e. The molecule has 1 heterocycles. The standard InChI is InChI=1S/C27H31N3O8/c1-16-23(26(32)33)25(24(27(34)35)17(2)29-16)20-14-19(30(36)37)10-11-22(20)38-13-7-6-12-28-15-21(31)18-8-4-3-5-9-18/h3-5,8-11,14,21,25,28-29,31H,6-7,12-13,15H2,1-2H3,(H,32,33)(H,34,35). The van der Waals surface area contributed by atoms with Crippen LogP contribution in [-0.4, -0.2) is 51.9 Å². The Morgan fingerprint density at radius 3 is 2.26 bits per heavy atom. The Morgan fingerprint density at radius 2 is 1.68 bits per heavy atom.